The summed E-state index contributed by atoms with van der Waals surface area (Å²) in [6.07, 6.45) is 1.39. The van der Waals surface area contributed by atoms with Crippen LogP contribution < -0.4 is 16.0 Å². The first-order valence-corrected chi connectivity index (χ1v) is 11.2. The van der Waals surface area contributed by atoms with Crippen molar-refractivity contribution in [3.05, 3.63) is 53.0 Å². The van der Waals surface area contributed by atoms with Crippen LogP contribution in [0.5, 0.6) is 0 Å². The van der Waals surface area contributed by atoms with E-state index in [9.17, 15) is 14.4 Å². The van der Waals surface area contributed by atoms with Crippen molar-refractivity contribution in [1.29, 1.82) is 0 Å². The fraction of sp³-hybridized carbons (Fsp3) is 0.227. The molecule has 1 fully saturated rings. The molecule has 5 rings (SSSR count). The molecule has 0 spiro atoms. The Balaban J connectivity index is 1.29. The Morgan fingerprint density at radius 2 is 2.03 bits per heavy atom. The zero-order valence-corrected chi connectivity index (χ0v) is 18.2. The Hall–Kier alpha value is -3.99. The number of nitrogens with zero attached hydrogens (tertiary/aromatic N) is 3. The zero-order valence-electron chi connectivity index (χ0n) is 17.4. The summed E-state index contributed by atoms with van der Waals surface area (Å²) < 4.78 is 0. The van der Waals surface area contributed by atoms with Crippen molar-refractivity contribution in [2.45, 2.75) is 18.9 Å². The van der Waals surface area contributed by atoms with E-state index in [0.717, 1.165) is 21.8 Å². The van der Waals surface area contributed by atoms with E-state index in [4.69, 9.17) is 5.11 Å². The Kier molecular flexibility index (Phi) is 5.38. The first kappa shape index (κ1) is 20.9. The smallest absolute Gasteiger partial charge is 0.404 e. The topological polar surface area (TPSA) is 137 Å². The first-order valence-electron chi connectivity index (χ1n) is 10.4. The summed E-state index contributed by atoms with van der Waals surface area (Å²) in [6, 6.07) is 8.59. The van der Waals surface area contributed by atoms with Crippen LogP contribution in [0, 0.1) is 0 Å². The van der Waals surface area contributed by atoms with E-state index in [2.05, 4.69) is 25.9 Å². The van der Waals surface area contributed by atoms with Crippen LogP contribution in [0.2, 0.25) is 0 Å². The van der Waals surface area contributed by atoms with E-state index < -0.39 is 6.09 Å². The van der Waals surface area contributed by atoms with Crippen molar-refractivity contribution >= 4 is 46.6 Å². The van der Waals surface area contributed by atoms with E-state index in [1.807, 2.05) is 11.4 Å². The molecule has 0 bridgehead atoms. The quantitative estimate of drug-likeness (QED) is 0.466. The predicted molar refractivity (Wildman–Crippen MR) is 123 cm³/mol. The molecule has 4 N–H and O–H groups in total. The number of anilines is 3. The molecule has 1 saturated heterocycles. The normalized spacial score (nSPS) is 16.9. The highest BCUT2D eigenvalue weighted by Crippen LogP contribution is 2.37. The summed E-state index contributed by atoms with van der Waals surface area (Å²) >= 11 is 1.51. The standard InChI is InChI=1S/C22H20N6O4S/c29-17-9-13-10-23-21(27-18(13)19-16(26-17)6-8-33-19)24-14-3-1-12(2-4-14)20(30)28-7-5-15(11-28)25-22(31)32/h1-4,6,8,10,15,25H,5,7,9,11H2,(H,26,29)(H,31,32)(H,23,24,27). The van der Waals surface area contributed by atoms with Gasteiger partial charge in [-0.25, -0.2) is 14.8 Å². The second kappa shape index (κ2) is 8.51. The Morgan fingerprint density at radius 1 is 1.21 bits per heavy atom. The average molecular weight is 465 g/mol. The third-order valence-electron chi connectivity index (χ3n) is 5.56. The van der Waals surface area contributed by atoms with Crippen molar-refractivity contribution in [2.24, 2.45) is 0 Å². The van der Waals surface area contributed by atoms with Gasteiger partial charge in [0.2, 0.25) is 11.9 Å². The number of benzene rings is 1. The van der Waals surface area contributed by atoms with Gasteiger partial charge in [-0.05, 0) is 42.1 Å². The number of nitrogens with one attached hydrogen (secondary N) is 3. The molecule has 3 aromatic rings. The number of carbonyl (C=O) groups is 3. The molecular weight excluding hydrogens is 444 g/mol. The molecule has 1 atom stereocenters. The lowest BCUT2D eigenvalue weighted by Crippen LogP contribution is -2.37. The maximum absolute atomic E-state index is 12.7. The van der Waals surface area contributed by atoms with Crippen molar-refractivity contribution < 1.29 is 19.5 Å². The lowest BCUT2D eigenvalue weighted by Gasteiger charge is -2.17. The molecule has 0 radical (unpaired) electrons. The molecule has 10 nitrogen and oxygen atoms in total. The number of aromatic nitrogens is 2. The molecule has 168 valence electrons. The summed E-state index contributed by atoms with van der Waals surface area (Å²) in [5, 5.41) is 19.2. The lowest BCUT2D eigenvalue weighted by molar-refractivity contribution is -0.115. The van der Waals surface area contributed by atoms with E-state index in [-0.39, 0.29) is 24.3 Å². The van der Waals surface area contributed by atoms with Crippen LogP contribution >= 0.6 is 11.3 Å². The van der Waals surface area contributed by atoms with Gasteiger partial charge in [-0.15, -0.1) is 11.3 Å². The minimum absolute atomic E-state index is 0.0963. The monoisotopic (exact) mass is 464 g/mol. The molecule has 2 aliphatic heterocycles. The number of carbonyl (C=O) groups excluding carboxylic acids is 2. The third kappa shape index (κ3) is 4.35. The molecule has 2 aliphatic rings. The van der Waals surface area contributed by atoms with Crippen LogP contribution in [0.3, 0.4) is 0 Å². The van der Waals surface area contributed by atoms with E-state index >= 15 is 0 Å². The molecule has 33 heavy (non-hydrogen) atoms. The number of amides is 3. The zero-order chi connectivity index (χ0) is 22.9. The van der Waals surface area contributed by atoms with Crippen LogP contribution in [-0.2, 0) is 11.2 Å². The highest BCUT2D eigenvalue weighted by molar-refractivity contribution is 7.14. The number of carboxylic acid groups (broad SMARTS) is 1. The van der Waals surface area contributed by atoms with Gasteiger partial charge in [-0.1, -0.05) is 0 Å². The highest BCUT2D eigenvalue weighted by atomic mass is 32.1. The maximum atomic E-state index is 12.7. The average Bonchev–Trinajstić information content (AvgIpc) is 3.41. The largest absolute Gasteiger partial charge is 0.465 e. The van der Waals surface area contributed by atoms with Gasteiger partial charge in [0.15, 0.2) is 0 Å². The minimum Gasteiger partial charge on any atom is -0.465 e. The van der Waals surface area contributed by atoms with Crippen molar-refractivity contribution in [3.63, 3.8) is 0 Å². The second-order valence-corrected chi connectivity index (χ2v) is 8.76. The van der Waals surface area contributed by atoms with Crippen molar-refractivity contribution in [1.82, 2.24) is 20.2 Å². The fourth-order valence-electron chi connectivity index (χ4n) is 4.00. The molecule has 2 aromatic heterocycles. The Morgan fingerprint density at radius 3 is 2.82 bits per heavy atom. The van der Waals surface area contributed by atoms with E-state index in [1.165, 1.54) is 11.3 Å². The fourth-order valence-corrected chi connectivity index (χ4v) is 4.87. The SMILES string of the molecule is O=C(O)NC1CCN(C(=O)c2ccc(Nc3ncc4c(n3)-c3sccc3NC(=O)C4)cc2)C1. The van der Waals surface area contributed by atoms with Gasteiger partial charge in [-0.2, -0.15) is 0 Å². The lowest BCUT2D eigenvalue weighted by atomic mass is 10.1. The van der Waals surface area contributed by atoms with Crippen molar-refractivity contribution in [2.75, 3.05) is 23.7 Å². The highest BCUT2D eigenvalue weighted by Gasteiger charge is 2.28. The summed E-state index contributed by atoms with van der Waals surface area (Å²) in [6.45, 7) is 0.866. The molecule has 4 heterocycles. The minimum atomic E-state index is -1.08. The summed E-state index contributed by atoms with van der Waals surface area (Å²) in [4.78, 5) is 47.1. The summed E-state index contributed by atoms with van der Waals surface area (Å²) in [7, 11) is 0. The molecule has 11 heteroatoms. The van der Waals surface area contributed by atoms with Gasteiger partial charge >= 0.3 is 6.09 Å². The number of thiophene rings is 1. The molecule has 0 aliphatic carbocycles. The molecule has 0 saturated carbocycles. The van der Waals surface area contributed by atoms with Gasteiger partial charge in [0.05, 0.1) is 28.7 Å². The molecule has 1 unspecified atom stereocenters. The summed E-state index contributed by atoms with van der Waals surface area (Å²) in [5.74, 6) is 0.157. The Bertz CT molecular complexity index is 1240. The van der Waals surface area contributed by atoms with Crippen LogP contribution in [0.1, 0.15) is 22.3 Å². The van der Waals surface area contributed by atoms with Crippen LogP contribution in [0.25, 0.3) is 10.6 Å². The number of likely N-dealkylation sites (tertiary alicyclic amines) is 1. The number of rotatable bonds is 4. The van der Waals surface area contributed by atoms with Gasteiger partial charge in [0, 0.05) is 36.1 Å². The number of hydrogen-bond donors (Lipinski definition) is 4. The van der Waals surface area contributed by atoms with Gasteiger partial charge in [-0.3, -0.25) is 9.59 Å². The van der Waals surface area contributed by atoms with Crippen molar-refractivity contribution in [3.8, 4) is 10.6 Å². The van der Waals surface area contributed by atoms with Gasteiger partial charge in [0.1, 0.15) is 0 Å². The molecular formula is C22H20N6O4S. The third-order valence-corrected chi connectivity index (χ3v) is 6.48. The predicted octanol–water partition coefficient (Wildman–Crippen LogP) is 2.93. The van der Waals surface area contributed by atoms with Gasteiger partial charge in [0.25, 0.3) is 5.91 Å². The van der Waals surface area contributed by atoms with E-state index in [0.29, 0.717) is 36.7 Å². The maximum Gasteiger partial charge on any atom is 0.404 e. The van der Waals surface area contributed by atoms with E-state index in [1.54, 1.807) is 35.4 Å². The molecule has 3 amide bonds. The summed E-state index contributed by atoms with van der Waals surface area (Å²) in [5.41, 5.74) is 3.47. The first-order chi connectivity index (χ1) is 16.0. The van der Waals surface area contributed by atoms with Crippen LogP contribution in [-0.4, -0.2) is 57.0 Å². The second-order valence-electron chi connectivity index (χ2n) is 7.84. The van der Waals surface area contributed by atoms with Gasteiger partial charge < -0.3 is 26.0 Å². The Labute approximate surface area is 192 Å². The van der Waals surface area contributed by atoms with Crippen LogP contribution in [0.15, 0.2) is 41.9 Å². The van der Waals surface area contributed by atoms with Crippen LogP contribution in [0.4, 0.5) is 22.1 Å². The molecule has 1 aromatic carbocycles. The number of hydrogen-bond acceptors (Lipinski definition) is 7. The number of fused-ring (bicyclic) bond motifs is 3.